The number of carbonyl (C=O) groups excluding carboxylic acids is 1. The van der Waals surface area contributed by atoms with Gasteiger partial charge in [0.2, 0.25) is 0 Å². The number of benzene rings is 1. The van der Waals surface area contributed by atoms with Crippen LogP contribution in [0.15, 0.2) is 24.3 Å². The van der Waals surface area contributed by atoms with Crippen molar-refractivity contribution in [2.24, 2.45) is 0 Å². The topological polar surface area (TPSA) is 61.5 Å². The second-order valence-corrected chi connectivity index (χ2v) is 5.36. The Morgan fingerprint density at radius 1 is 1.42 bits per heavy atom. The molecule has 4 nitrogen and oxygen atoms in total. The lowest BCUT2D eigenvalue weighted by Gasteiger charge is -2.01. The van der Waals surface area contributed by atoms with Crippen LogP contribution in [0.4, 0.5) is 5.69 Å². The number of nitrogens with two attached hydrogens (primary N) is 1. The summed E-state index contributed by atoms with van der Waals surface area (Å²) in [5, 5.41) is 0. The van der Waals surface area contributed by atoms with Crippen LogP contribution < -0.4 is 10.5 Å². The highest BCUT2D eigenvalue weighted by Gasteiger charge is 2.17. The van der Waals surface area contributed by atoms with E-state index in [1.54, 1.807) is 0 Å². The Bertz CT molecular complexity index is 648. The first-order valence-corrected chi connectivity index (χ1v) is 6.74. The smallest absolute Gasteiger partial charge is 0.350 e. The van der Waals surface area contributed by atoms with E-state index in [1.165, 1.54) is 24.0 Å². The SMILES string of the molecule is COC(=O)c1sc(-c2ccc3c(c2)CCO3)cc1N. The van der Waals surface area contributed by atoms with Crippen molar-refractivity contribution in [1.82, 2.24) is 0 Å². The van der Waals surface area contributed by atoms with Gasteiger partial charge in [0.05, 0.1) is 19.4 Å². The van der Waals surface area contributed by atoms with E-state index < -0.39 is 5.97 Å². The lowest BCUT2D eigenvalue weighted by Crippen LogP contribution is -2.00. The number of carbonyl (C=O) groups is 1. The maximum atomic E-state index is 11.6. The summed E-state index contributed by atoms with van der Waals surface area (Å²) in [5.74, 6) is 0.555. The Hall–Kier alpha value is -2.01. The van der Waals surface area contributed by atoms with Crippen molar-refractivity contribution in [1.29, 1.82) is 0 Å². The van der Waals surface area contributed by atoms with E-state index in [9.17, 15) is 4.79 Å². The van der Waals surface area contributed by atoms with E-state index in [-0.39, 0.29) is 0 Å². The third kappa shape index (κ3) is 2.06. The summed E-state index contributed by atoms with van der Waals surface area (Å²) in [4.78, 5) is 13.0. The van der Waals surface area contributed by atoms with Crippen LogP contribution in [0.1, 0.15) is 15.2 Å². The van der Waals surface area contributed by atoms with Gasteiger partial charge in [-0.15, -0.1) is 11.3 Å². The largest absolute Gasteiger partial charge is 0.493 e. The van der Waals surface area contributed by atoms with Gasteiger partial charge in [0.1, 0.15) is 10.6 Å². The normalized spacial score (nSPS) is 12.9. The number of anilines is 1. The Balaban J connectivity index is 2.01. The molecule has 1 aliphatic heterocycles. The van der Waals surface area contributed by atoms with Crippen LogP contribution in [0.25, 0.3) is 10.4 Å². The van der Waals surface area contributed by atoms with Crippen LogP contribution in [0.5, 0.6) is 5.75 Å². The van der Waals surface area contributed by atoms with Crippen LogP contribution in [0, 0.1) is 0 Å². The van der Waals surface area contributed by atoms with Gasteiger partial charge in [-0.2, -0.15) is 0 Å². The van der Waals surface area contributed by atoms with Gasteiger partial charge in [-0.05, 0) is 35.4 Å². The number of fused-ring (bicyclic) bond motifs is 1. The molecule has 2 aromatic rings. The van der Waals surface area contributed by atoms with Crippen LogP contribution >= 0.6 is 11.3 Å². The maximum Gasteiger partial charge on any atom is 0.350 e. The van der Waals surface area contributed by atoms with Crippen LogP contribution in [-0.2, 0) is 11.2 Å². The fourth-order valence-corrected chi connectivity index (χ4v) is 3.13. The van der Waals surface area contributed by atoms with Gasteiger partial charge in [0.25, 0.3) is 0 Å². The first-order chi connectivity index (χ1) is 9.19. The minimum absolute atomic E-state index is 0.391. The highest BCUT2D eigenvalue weighted by molar-refractivity contribution is 7.18. The lowest BCUT2D eigenvalue weighted by atomic mass is 10.1. The van der Waals surface area contributed by atoms with Gasteiger partial charge in [0.15, 0.2) is 0 Å². The number of esters is 1. The molecule has 0 aliphatic carbocycles. The van der Waals surface area contributed by atoms with Crippen molar-refractivity contribution in [3.05, 3.63) is 34.7 Å². The summed E-state index contributed by atoms with van der Waals surface area (Å²) in [7, 11) is 1.36. The quantitative estimate of drug-likeness (QED) is 0.856. The molecule has 1 aromatic heterocycles. The van der Waals surface area contributed by atoms with Gasteiger partial charge in [0, 0.05) is 11.3 Å². The molecule has 0 unspecified atom stereocenters. The molecular formula is C14H13NO3S. The first kappa shape index (κ1) is 12.0. The molecule has 0 saturated heterocycles. The minimum atomic E-state index is -0.391. The minimum Gasteiger partial charge on any atom is -0.493 e. The zero-order chi connectivity index (χ0) is 13.4. The number of thiophene rings is 1. The average Bonchev–Trinajstić information content (AvgIpc) is 3.03. The van der Waals surface area contributed by atoms with Gasteiger partial charge >= 0.3 is 5.97 Å². The molecule has 98 valence electrons. The zero-order valence-corrected chi connectivity index (χ0v) is 11.3. The number of hydrogen-bond donors (Lipinski definition) is 1. The Labute approximate surface area is 114 Å². The summed E-state index contributed by atoms with van der Waals surface area (Å²) < 4.78 is 10.2. The van der Waals surface area contributed by atoms with Crippen molar-refractivity contribution in [2.45, 2.75) is 6.42 Å². The molecule has 0 atom stereocenters. The van der Waals surface area contributed by atoms with Gasteiger partial charge in [-0.25, -0.2) is 4.79 Å². The van der Waals surface area contributed by atoms with Crippen molar-refractivity contribution in [3.63, 3.8) is 0 Å². The molecule has 1 aliphatic rings. The molecule has 0 spiro atoms. The number of ether oxygens (including phenoxy) is 2. The van der Waals surface area contributed by atoms with Crippen molar-refractivity contribution in [3.8, 4) is 16.2 Å². The van der Waals surface area contributed by atoms with Gasteiger partial charge in [-0.1, -0.05) is 0 Å². The summed E-state index contributed by atoms with van der Waals surface area (Å²) in [6.07, 6.45) is 0.924. The fraction of sp³-hybridized carbons (Fsp3) is 0.214. The average molecular weight is 275 g/mol. The fourth-order valence-electron chi connectivity index (χ4n) is 2.14. The second-order valence-electron chi connectivity index (χ2n) is 4.31. The highest BCUT2D eigenvalue weighted by atomic mass is 32.1. The molecule has 19 heavy (non-hydrogen) atoms. The number of nitrogen functional groups attached to an aromatic ring is 1. The highest BCUT2D eigenvalue weighted by Crippen LogP contribution is 2.36. The predicted octanol–water partition coefficient (Wildman–Crippen LogP) is 2.72. The Morgan fingerprint density at radius 2 is 2.26 bits per heavy atom. The van der Waals surface area contributed by atoms with Crippen molar-refractivity contribution in [2.75, 3.05) is 19.5 Å². The Kier molecular flexibility index (Phi) is 2.91. The van der Waals surface area contributed by atoms with E-state index in [1.807, 2.05) is 18.2 Å². The standard InChI is InChI=1S/C14H13NO3S/c1-17-14(16)13-10(15)7-12(19-13)9-2-3-11-8(6-9)4-5-18-11/h2-3,6-7H,4-5,15H2,1H3. The maximum absolute atomic E-state index is 11.6. The third-order valence-corrected chi connectivity index (χ3v) is 4.29. The lowest BCUT2D eigenvalue weighted by molar-refractivity contribution is 0.0607. The first-order valence-electron chi connectivity index (χ1n) is 5.93. The molecule has 0 saturated carbocycles. The molecule has 2 N–H and O–H groups in total. The van der Waals surface area contributed by atoms with Crippen LogP contribution in [0.2, 0.25) is 0 Å². The van der Waals surface area contributed by atoms with Gasteiger partial charge < -0.3 is 15.2 Å². The molecular weight excluding hydrogens is 262 g/mol. The second kappa shape index (κ2) is 4.59. The Morgan fingerprint density at radius 3 is 3.05 bits per heavy atom. The third-order valence-electron chi connectivity index (χ3n) is 3.11. The van der Waals surface area contributed by atoms with Crippen LogP contribution in [-0.4, -0.2) is 19.7 Å². The number of rotatable bonds is 2. The number of methoxy groups -OCH3 is 1. The molecule has 1 aromatic carbocycles. The van der Waals surface area contributed by atoms with E-state index in [2.05, 4.69) is 6.07 Å². The predicted molar refractivity (Wildman–Crippen MR) is 74.7 cm³/mol. The molecule has 0 bridgehead atoms. The molecule has 3 rings (SSSR count). The summed E-state index contributed by atoms with van der Waals surface area (Å²) in [6.45, 7) is 0.735. The van der Waals surface area contributed by atoms with Gasteiger partial charge in [-0.3, -0.25) is 0 Å². The van der Waals surface area contributed by atoms with Crippen molar-refractivity contribution >= 4 is 23.0 Å². The zero-order valence-electron chi connectivity index (χ0n) is 10.4. The number of hydrogen-bond acceptors (Lipinski definition) is 5. The van der Waals surface area contributed by atoms with E-state index >= 15 is 0 Å². The van der Waals surface area contributed by atoms with E-state index in [4.69, 9.17) is 15.2 Å². The summed E-state index contributed by atoms with van der Waals surface area (Å²) >= 11 is 1.35. The molecule has 0 fully saturated rings. The van der Waals surface area contributed by atoms with E-state index in [0.29, 0.717) is 10.6 Å². The van der Waals surface area contributed by atoms with Crippen LogP contribution in [0.3, 0.4) is 0 Å². The summed E-state index contributed by atoms with van der Waals surface area (Å²) in [5.41, 5.74) is 8.56. The molecule has 0 radical (unpaired) electrons. The monoisotopic (exact) mass is 275 g/mol. The molecule has 5 heteroatoms. The van der Waals surface area contributed by atoms with Crippen molar-refractivity contribution < 1.29 is 14.3 Å². The molecule has 0 amide bonds. The molecule has 2 heterocycles. The van der Waals surface area contributed by atoms with E-state index in [0.717, 1.165) is 29.2 Å². The summed E-state index contributed by atoms with van der Waals surface area (Å²) in [6, 6.07) is 7.85.